The lowest BCUT2D eigenvalue weighted by molar-refractivity contribution is -0.113. The quantitative estimate of drug-likeness (QED) is 0.503. The SMILES string of the molecule is Nc1cc(=O)nc(SCC(=O)Nc2ccccc2F)n1-c1ccc(Cl)cc1. The molecule has 0 aliphatic rings. The number of amides is 1. The van der Waals surface area contributed by atoms with Crippen LogP contribution in [0.25, 0.3) is 5.69 Å². The average molecular weight is 405 g/mol. The van der Waals surface area contributed by atoms with Crippen LogP contribution in [0, 0.1) is 5.82 Å². The van der Waals surface area contributed by atoms with Crippen LogP contribution in [0.5, 0.6) is 0 Å². The van der Waals surface area contributed by atoms with Crippen LogP contribution < -0.4 is 16.6 Å². The molecule has 3 rings (SSSR count). The van der Waals surface area contributed by atoms with Crippen molar-refractivity contribution in [1.82, 2.24) is 9.55 Å². The normalized spacial score (nSPS) is 10.6. The van der Waals surface area contributed by atoms with E-state index in [4.69, 9.17) is 17.3 Å². The van der Waals surface area contributed by atoms with Crippen LogP contribution in [0.15, 0.2) is 64.5 Å². The summed E-state index contributed by atoms with van der Waals surface area (Å²) >= 11 is 6.91. The van der Waals surface area contributed by atoms with E-state index in [2.05, 4.69) is 10.3 Å². The van der Waals surface area contributed by atoms with E-state index in [0.717, 1.165) is 11.8 Å². The number of hydrogen-bond acceptors (Lipinski definition) is 5. The molecule has 2 aromatic carbocycles. The summed E-state index contributed by atoms with van der Waals surface area (Å²) < 4.78 is 15.2. The van der Waals surface area contributed by atoms with Gasteiger partial charge in [-0.25, -0.2) is 4.39 Å². The van der Waals surface area contributed by atoms with Gasteiger partial charge < -0.3 is 11.1 Å². The van der Waals surface area contributed by atoms with E-state index in [1.165, 1.54) is 24.3 Å². The second-order valence-corrected chi connectivity index (χ2v) is 6.81. The summed E-state index contributed by atoms with van der Waals surface area (Å²) in [6.07, 6.45) is 0. The maximum absolute atomic E-state index is 13.6. The third-order valence-electron chi connectivity index (χ3n) is 3.49. The first-order valence-electron chi connectivity index (χ1n) is 7.77. The number of nitrogens with zero attached hydrogens (tertiary/aromatic N) is 2. The molecule has 0 saturated heterocycles. The minimum Gasteiger partial charge on any atom is -0.385 e. The van der Waals surface area contributed by atoms with Crippen LogP contribution in [0.4, 0.5) is 15.9 Å². The number of hydrogen-bond donors (Lipinski definition) is 2. The van der Waals surface area contributed by atoms with Gasteiger partial charge in [-0.15, -0.1) is 0 Å². The van der Waals surface area contributed by atoms with Gasteiger partial charge in [0.1, 0.15) is 11.6 Å². The van der Waals surface area contributed by atoms with E-state index >= 15 is 0 Å². The summed E-state index contributed by atoms with van der Waals surface area (Å²) in [5.74, 6) is -0.882. The number of halogens is 2. The first-order valence-corrected chi connectivity index (χ1v) is 9.13. The van der Waals surface area contributed by atoms with E-state index < -0.39 is 17.3 Å². The monoisotopic (exact) mass is 404 g/mol. The fourth-order valence-corrected chi connectivity index (χ4v) is 3.26. The molecular formula is C18H14ClFN4O2S. The molecule has 3 N–H and O–H groups in total. The Hall–Kier alpha value is -2.84. The highest BCUT2D eigenvalue weighted by molar-refractivity contribution is 7.99. The Balaban J connectivity index is 1.82. The summed E-state index contributed by atoms with van der Waals surface area (Å²) in [5.41, 5.74) is 6.17. The smallest absolute Gasteiger partial charge is 0.275 e. The van der Waals surface area contributed by atoms with Gasteiger partial charge >= 0.3 is 0 Å². The molecule has 0 radical (unpaired) electrons. The summed E-state index contributed by atoms with van der Waals surface area (Å²) in [5, 5.41) is 3.27. The fourth-order valence-electron chi connectivity index (χ4n) is 2.30. The molecule has 3 aromatic rings. The number of thioether (sulfide) groups is 1. The summed E-state index contributed by atoms with van der Waals surface area (Å²) in [7, 11) is 0. The van der Waals surface area contributed by atoms with E-state index in [0.29, 0.717) is 10.7 Å². The second kappa shape index (κ2) is 8.24. The topological polar surface area (TPSA) is 90.0 Å². The second-order valence-electron chi connectivity index (χ2n) is 5.43. The number of para-hydroxylation sites is 1. The summed E-state index contributed by atoms with van der Waals surface area (Å²) in [6.45, 7) is 0. The molecule has 138 valence electrons. The average Bonchev–Trinajstić information content (AvgIpc) is 2.63. The van der Waals surface area contributed by atoms with E-state index in [1.54, 1.807) is 34.9 Å². The lowest BCUT2D eigenvalue weighted by atomic mass is 10.3. The van der Waals surface area contributed by atoms with Crippen molar-refractivity contribution in [2.24, 2.45) is 0 Å². The summed E-state index contributed by atoms with van der Waals surface area (Å²) in [4.78, 5) is 27.8. The molecular weight excluding hydrogens is 391 g/mol. The zero-order valence-corrected chi connectivity index (χ0v) is 15.4. The Morgan fingerprint density at radius 1 is 1.22 bits per heavy atom. The standard InChI is InChI=1S/C18H14ClFN4O2S/c19-11-5-7-12(8-6-11)24-15(21)9-16(25)23-18(24)27-10-17(26)22-14-4-2-1-3-13(14)20/h1-9H,10,21H2,(H,22,26). The molecule has 0 bridgehead atoms. The third kappa shape index (κ3) is 4.66. The molecule has 0 aliphatic carbocycles. The third-order valence-corrected chi connectivity index (χ3v) is 4.68. The van der Waals surface area contributed by atoms with Crippen LogP contribution in [0.2, 0.25) is 5.02 Å². The lowest BCUT2D eigenvalue weighted by Crippen LogP contribution is -2.19. The molecule has 27 heavy (non-hydrogen) atoms. The van der Waals surface area contributed by atoms with E-state index in [-0.39, 0.29) is 22.4 Å². The summed E-state index contributed by atoms with van der Waals surface area (Å²) in [6, 6.07) is 13.8. The van der Waals surface area contributed by atoms with Crippen LogP contribution in [-0.4, -0.2) is 21.2 Å². The molecule has 1 aromatic heterocycles. The maximum Gasteiger partial charge on any atom is 0.275 e. The lowest BCUT2D eigenvalue weighted by Gasteiger charge is -2.14. The van der Waals surface area contributed by atoms with Gasteiger partial charge in [-0.1, -0.05) is 35.5 Å². The highest BCUT2D eigenvalue weighted by Crippen LogP contribution is 2.24. The van der Waals surface area contributed by atoms with Crippen LogP contribution in [0.3, 0.4) is 0 Å². The molecule has 0 unspecified atom stereocenters. The molecule has 0 aliphatic heterocycles. The van der Waals surface area contributed by atoms with E-state index in [9.17, 15) is 14.0 Å². The van der Waals surface area contributed by atoms with Gasteiger partial charge in [0.25, 0.3) is 5.56 Å². The van der Waals surface area contributed by atoms with Gasteiger partial charge in [-0.2, -0.15) is 4.98 Å². The molecule has 9 heteroatoms. The number of nitrogens with one attached hydrogen (secondary N) is 1. The number of nitrogen functional groups attached to an aromatic ring is 1. The zero-order chi connectivity index (χ0) is 19.4. The zero-order valence-electron chi connectivity index (χ0n) is 13.9. The van der Waals surface area contributed by atoms with Crippen LogP contribution >= 0.6 is 23.4 Å². The van der Waals surface area contributed by atoms with Crippen molar-refractivity contribution in [3.05, 3.63) is 75.8 Å². The molecule has 0 spiro atoms. The Morgan fingerprint density at radius 3 is 2.63 bits per heavy atom. The minimum atomic E-state index is -0.531. The molecule has 0 saturated carbocycles. The molecule has 6 nitrogen and oxygen atoms in total. The van der Waals surface area contributed by atoms with Gasteiger partial charge in [-0.3, -0.25) is 14.2 Å². The van der Waals surface area contributed by atoms with Gasteiger partial charge in [-0.05, 0) is 36.4 Å². The predicted octanol–water partition coefficient (Wildman–Crippen LogP) is 3.34. The van der Waals surface area contributed by atoms with Crippen LogP contribution in [0.1, 0.15) is 0 Å². The molecule has 0 atom stereocenters. The minimum absolute atomic E-state index is 0.0822. The number of carbonyl (C=O) groups is 1. The number of nitrogens with two attached hydrogens (primary N) is 1. The number of anilines is 2. The van der Waals surface area contributed by atoms with Crippen molar-refractivity contribution in [3.8, 4) is 5.69 Å². The predicted molar refractivity (Wildman–Crippen MR) is 105 cm³/mol. The van der Waals surface area contributed by atoms with Gasteiger partial charge in [0, 0.05) is 16.8 Å². The molecule has 0 fully saturated rings. The largest absolute Gasteiger partial charge is 0.385 e. The molecule has 1 amide bonds. The Labute approximate surface area is 163 Å². The van der Waals surface area contributed by atoms with Crippen LogP contribution in [-0.2, 0) is 4.79 Å². The number of benzene rings is 2. The first-order chi connectivity index (χ1) is 12.9. The Morgan fingerprint density at radius 2 is 1.93 bits per heavy atom. The van der Waals surface area contributed by atoms with Gasteiger partial charge in [0.2, 0.25) is 5.91 Å². The highest BCUT2D eigenvalue weighted by Gasteiger charge is 2.13. The van der Waals surface area contributed by atoms with Crippen molar-refractivity contribution < 1.29 is 9.18 Å². The van der Waals surface area contributed by atoms with Crippen molar-refractivity contribution in [3.63, 3.8) is 0 Å². The van der Waals surface area contributed by atoms with Crippen molar-refractivity contribution in [2.75, 3.05) is 16.8 Å². The van der Waals surface area contributed by atoms with E-state index in [1.807, 2.05) is 0 Å². The fraction of sp³-hybridized carbons (Fsp3) is 0.0556. The number of rotatable bonds is 5. The van der Waals surface area contributed by atoms with Crippen molar-refractivity contribution in [2.45, 2.75) is 5.16 Å². The van der Waals surface area contributed by atoms with Crippen molar-refractivity contribution >= 4 is 40.8 Å². The first kappa shape index (κ1) is 18.9. The maximum atomic E-state index is 13.6. The Bertz CT molecular complexity index is 1040. The molecule has 1 heterocycles. The number of carbonyl (C=O) groups excluding carboxylic acids is 1. The van der Waals surface area contributed by atoms with Gasteiger partial charge in [0.05, 0.1) is 11.4 Å². The Kier molecular flexibility index (Phi) is 5.78. The highest BCUT2D eigenvalue weighted by atomic mass is 35.5. The number of aromatic nitrogens is 2. The van der Waals surface area contributed by atoms with Gasteiger partial charge in [0.15, 0.2) is 5.16 Å². The van der Waals surface area contributed by atoms with Crippen molar-refractivity contribution in [1.29, 1.82) is 0 Å².